The number of benzene rings is 1. The van der Waals surface area contributed by atoms with E-state index in [-0.39, 0.29) is 17.1 Å². The van der Waals surface area contributed by atoms with Crippen LogP contribution in [0.4, 0.5) is 0 Å². The highest BCUT2D eigenvalue weighted by Crippen LogP contribution is 2.38. The molecule has 0 bridgehead atoms. The van der Waals surface area contributed by atoms with Crippen LogP contribution in [0.25, 0.3) is 11.0 Å². The number of pyridine rings is 1. The van der Waals surface area contributed by atoms with E-state index in [2.05, 4.69) is 16.8 Å². The van der Waals surface area contributed by atoms with Crippen molar-refractivity contribution in [3.8, 4) is 0 Å². The van der Waals surface area contributed by atoms with Gasteiger partial charge in [-0.1, -0.05) is 13.0 Å². The number of fused-ring (bicyclic) bond motifs is 2. The van der Waals surface area contributed by atoms with Gasteiger partial charge in [0.15, 0.2) is 5.43 Å². The number of nitrogens with zero attached hydrogens (tertiary/aromatic N) is 3. The Bertz CT molecular complexity index is 1190. The lowest BCUT2D eigenvalue weighted by Crippen LogP contribution is -2.38. The van der Waals surface area contributed by atoms with Gasteiger partial charge in [-0.05, 0) is 48.2 Å². The molecular weight excluding hydrogens is 406 g/mol. The molecule has 166 valence electrons. The molecule has 2 aromatic heterocycles. The Balaban J connectivity index is 1.53. The zero-order valence-electron chi connectivity index (χ0n) is 18.3. The minimum Gasteiger partial charge on any atom is -0.450 e. The van der Waals surface area contributed by atoms with E-state index in [1.54, 1.807) is 23.4 Å². The smallest absolute Gasteiger partial charge is 0.290 e. The number of hydrogen-bond donors (Lipinski definition) is 0. The third-order valence-electron chi connectivity index (χ3n) is 6.44. The van der Waals surface area contributed by atoms with Crippen LogP contribution >= 0.6 is 0 Å². The summed E-state index contributed by atoms with van der Waals surface area (Å²) in [7, 11) is 0. The van der Waals surface area contributed by atoms with Crippen LogP contribution in [0.3, 0.4) is 0 Å². The van der Waals surface area contributed by atoms with Gasteiger partial charge in [0.1, 0.15) is 5.58 Å². The van der Waals surface area contributed by atoms with Crippen LogP contribution < -0.4 is 5.43 Å². The van der Waals surface area contributed by atoms with E-state index in [1.807, 2.05) is 24.3 Å². The van der Waals surface area contributed by atoms with Gasteiger partial charge in [-0.15, -0.1) is 0 Å². The molecule has 7 heteroatoms. The van der Waals surface area contributed by atoms with Crippen molar-refractivity contribution < 1.29 is 13.9 Å². The minimum absolute atomic E-state index is 0.123. The van der Waals surface area contributed by atoms with Crippen LogP contribution in [-0.4, -0.2) is 60.1 Å². The van der Waals surface area contributed by atoms with Crippen molar-refractivity contribution in [1.29, 1.82) is 0 Å². The Morgan fingerprint density at radius 1 is 1.06 bits per heavy atom. The number of aryl methyl sites for hydroxylation is 1. The van der Waals surface area contributed by atoms with Crippen molar-refractivity contribution in [2.45, 2.75) is 25.8 Å². The van der Waals surface area contributed by atoms with Gasteiger partial charge in [0.05, 0.1) is 30.2 Å². The summed E-state index contributed by atoms with van der Waals surface area (Å²) in [6.07, 6.45) is 5.03. The first-order valence-electron chi connectivity index (χ1n) is 11.3. The van der Waals surface area contributed by atoms with Gasteiger partial charge in [-0.3, -0.25) is 19.5 Å². The first-order chi connectivity index (χ1) is 15.7. The number of hydrogen-bond acceptors (Lipinski definition) is 6. The molecule has 1 saturated heterocycles. The normalized spacial score (nSPS) is 19.0. The van der Waals surface area contributed by atoms with Gasteiger partial charge in [0, 0.05) is 38.6 Å². The SMILES string of the molecule is CCc1ccc2oc3c(c(=O)c2c1)C(c1ccncc1)N(CCCN1CCOCC1)C3=O. The van der Waals surface area contributed by atoms with Crippen molar-refractivity contribution in [2.24, 2.45) is 0 Å². The van der Waals surface area contributed by atoms with Crippen molar-refractivity contribution in [1.82, 2.24) is 14.8 Å². The minimum atomic E-state index is -0.462. The van der Waals surface area contributed by atoms with Crippen LogP contribution in [0.15, 0.2) is 51.9 Å². The van der Waals surface area contributed by atoms with Gasteiger partial charge in [-0.25, -0.2) is 0 Å². The second kappa shape index (κ2) is 8.84. The largest absolute Gasteiger partial charge is 0.450 e. The zero-order valence-corrected chi connectivity index (χ0v) is 18.3. The Morgan fingerprint density at radius 2 is 1.84 bits per heavy atom. The van der Waals surface area contributed by atoms with Crippen LogP contribution in [0.2, 0.25) is 0 Å². The van der Waals surface area contributed by atoms with Gasteiger partial charge in [0.25, 0.3) is 5.91 Å². The fraction of sp³-hybridized carbons (Fsp3) is 0.400. The highest BCUT2D eigenvalue weighted by molar-refractivity contribution is 5.99. The second-order valence-corrected chi connectivity index (χ2v) is 8.35. The molecular formula is C25H27N3O4. The van der Waals surface area contributed by atoms with Gasteiger partial charge in [0.2, 0.25) is 5.76 Å². The lowest BCUT2D eigenvalue weighted by Gasteiger charge is -2.29. The summed E-state index contributed by atoms with van der Waals surface area (Å²) in [5.74, 6) is -0.0534. The predicted molar refractivity (Wildman–Crippen MR) is 121 cm³/mol. The van der Waals surface area contributed by atoms with E-state index in [4.69, 9.17) is 9.15 Å². The molecule has 1 amide bonds. The van der Waals surface area contributed by atoms with Crippen LogP contribution in [0.1, 0.15) is 46.6 Å². The summed E-state index contributed by atoms with van der Waals surface area (Å²) in [5.41, 5.74) is 2.72. The average Bonchev–Trinajstić information content (AvgIpc) is 3.12. The fourth-order valence-corrected chi connectivity index (χ4v) is 4.70. The summed E-state index contributed by atoms with van der Waals surface area (Å²) >= 11 is 0. The molecule has 3 aromatic rings. The van der Waals surface area contributed by atoms with Gasteiger partial charge >= 0.3 is 0 Å². The quantitative estimate of drug-likeness (QED) is 0.595. The molecule has 0 N–H and O–H groups in total. The molecule has 7 nitrogen and oxygen atoms in total. The monoisotopic (exact) mass is 433 g/mol. The first-order valence-corrected chi connectivity index (χ1v) is 11.3. The highest BCUT2D eigenvalue weighted by atomic mass is 16.5. The maximum absolute atomic E-state index is 13.6. The van der Waals surface area contributed by atoms with Crippen LogP contribution in [0, 0.1) is 0 Å². The number of carbonyl (C=O) groups excluding carboxylic acids is 1. The standard InChI is InChI=1S/C25H27N3O4/c1-2-17-4-5-20-19(16-17)23(29)21-22(18-6-8-26-9-7-18)28(25(30)24(21)32-20)11-3-10-27-12-14-31-15-13-27/h4-9,16,22H,2-3,10-15H2,1H3. The Labute approximate surface area is 186 Å². The van der Waals surface area contributed by atoms with Crippen molar-refractivity contribution in [3.63, 3.8) is 0 Å². The van der Waals surface area contributed by atoms with Gasteiger partial charge in [-0.2, -0.15) is 0 Å². The maximum Gasteiger partial charge on any atom is 0.290 e. The molecule has 0 radical (unpaired) electrons. The first kappa shape index (κ1) is 20.8. The molecule has 0 aliphatic carbocycles. The van der Waals surface area contributed by atoms with E-state index in [0.29, 0.717) is 23.1 Å². The Kier molecular flexibility index (Phi) is 5.76. The van der Waals surface area contributed by atoms with Crippen LogP contribution in [0.5, 0.6) is 0 Å². The second-order valence-electron chi connectivity index (χ2n) is 8.35. The fourth-order valence-electron chi connectivity index (χ4n) is 4.70. The number of ether oxygens (including phenoxy) is 1. The van der Waals surface area contributed by atoms with Crippen molar-refractivity contribution in [2.75, 3.05) is 39.4 Å². The number of rotatable bonds is 6. The van der Waals surface area contributed by atoms with Crippen molar-refractivity contribution >= 4 is 16.9 Å². The molecule has 1 aromatic carbocycles. The molecule has 1 atom stereocenters. The molecule has 5 rings (SSSR count). The maximum atomic E-state index is 13.6. The molecule has 4 heterocycles. The third kappa shape index (κ3) is 3.72. The summed E-state index contributed by atoms with van der Waals surface area (Å²) < 4.78 is 11.5. The van der Waals surface area contributed by atoms with E-state index < -0.39 is 6.04 Å². The van der Waals surface area contributed by atoms with Gasteiger partial charge < -0.3 is 14.1 Å². The summed E-state index contributed by atoms with van der Waals surface area (Å²) in [6.45, 7) is 6.80. The zero-order chi connectivity index (χ0) is 22.1. The molecule has 2 aliphatic heterocycles. The summed E-state index contributed by atoms with van der Waals surface area (Å²) in [5, 5.41) is 0.533. The molecule has 1 fully saturated rings. The average molecular weight is 434 g/mol. The molecule has 0 spiro atoms. The van der Waals surface area contributed by atoms with Crippen LogP contribution in [-0.2, 0) is 11.2 Å². The van der Waals surface area contributed by atoms with E-state index in [0.717, 1.165) is 56.8 Å². The molecule has 0 saturated carbocycles. The summed E-state index contributed by atoms with van der Waals surface area (Å²) in [6, 6.07) is 8.90. The molecule has 2 aliphatic rings. The van der Waals surface area contributed by atoms with Crippen molar-refractivity contribution in [3.05, 3.63) is 75.4 Å². The predicted octanol–water partition coefficient (Wildman–Crippen LogP) is 3.02. The van der Waals surface area contributed by atoms with E-state index in [1.165, 1.54) is 0 Å². The topological polar surface area (TPSA) is 75.9 Å². The number of aromatic nitrogens is 1. The lowest BCUT2D eigenvalue weighted by atomic mass is 9.98. The highest BCUT2D eigenvalue weighted by Gasteiger charge is 2.42. The molecule has 32 heavy (non-hydrogen) atoms. The third-order valence-corrected chi connectivity index (χ3v) is 6.44. The number of carbonyl (C=O) groups is 1. The van der Waals surface area contributed by atoms with E-state index in [9.17, 15) is 9.59 Å². The summed E-state index contributed by atoms with van der Waals surface area (Å²) in [4.78, 5) is 35.3. The Morgan fingerprint density at radius 3 is 2.59 bits per heavy atom. The van der Waals surface area contributed by atoms with E-state index >= 15 is 0 Å². The number of amides is 1. The lowest BCUT2D eigenvalue weighted by molar-refractivity contribution is 0.0353. The number of morpholine rings is 1. The molecule has 1 unspecified atom stereocenters. The Hall–Kier alpha value is -3.03.